The molecule has 0 atom stereocenters. The lowest BCUT2D eigenvalue weighted by Crippen LogP contribution is -2.39. The van der Waals surface area contributed by atoms with Gasteiger partial charge < -0.3 is 14.2 Å². The molecule has 5 nitrogen and oxygen atoms in total. The molecule has 1 amide bonds. The molecule has 3 rings (SSSR count). The van der Waals surface area contributed by atoms with Crippen LogP contribution in [0.1, 0.15) is 29.0 Å². The fourth-order valence-corrected chi connectivity index (χ4v) is 3.19. The zero-order valence-electron chi connectivity index (χ0n) is 13.7. The Morgan fingerprint density at radius 1 is 1.30 bits per heavy atom. The number of piperidine rings is 1. The molecular weight excluding hydrogens is 290 g/mol. The van der Waals surface area contributed by atoms with Crippen LogP contribution in [-0.4, -0.2) is 40.6 Å². The monoisotopic (exact) mass is 313 g/mol. The van der Waals surface area contributed by atoms with E-state index in [0.717, 1.165) is 38.3 Å². The summed E-state index contributed by atoms with van der Waals surface area (Å²) < 4.78 is 7.50. The molecular formula is C18H23N3O2. The van der Waals surface area contributed by atoms with E-state index in [-0.39, 0.29) is 5.91 Å². The van der Waals surface area contributed by atoms with Gasteiger partial charge in [0.15, 0.2) is 0 Å². The second-order valence-electron chi connectivity index (χ2n) is 6.06. The van der Waals surface area contributed by atoms with Gasteiger partial charge in [0.25, 0.3) is 5.91 Å². The zero-order valence-corrected chi connectivity index (χ0v) is 13.7. The van der Waals surface area contributed by atoms with Crippen molar-refractivity contribution in [3.63, 3.8) is 0 Å². The Hall–Kier alpha value is -2.30. The van der Waals surface area contributed by atoms with Crippen molar-refractivity contribution < 1.29 is 9.53 Å². The van der Waals surface area contributed by atoms with Crippen molar-refractivity contribution >= 4 is 5.91 Å². The number of ether oxygens (including phenoxy) is 1. The number of carbonyl (C=O) groups excluding carboxylic acids is 1. The number of rotatable bonds is 4. The summed E-state index contributed by atoms with van der Waals surface area (Å²) >= 11 is 0. The topological polar surface area (TPSA) is 47.4 Å². The lowest BCUT2D eigenvalue weighted by atomic mass is 9.96. The van der Waals surface area contributed by atoms with E-state index in [1.807, 2.05) is 48.5 Å². The first kappa shape index (κ1) is 15.6. The number of methoxy groups -OCH3 is 1. The summed E-state index contributed by atoms with van der Waals surface area (Å²) in [6.07, 6.45) is 5.92. The SMILES string of the molecule is COc1ccccc1C(=O)N1CCC(Cn2ccnc2C)CC1. The molecule has 1 fully saturated rings. The second kappa shape index (κ2) is 6.86. The maximum Gasteiger partial charge on any atom is 0.257 e. The van der Waals surface area contributed by atoms with Gasteiger partial charge in [-0.05, 0) is 37.8 Å². The highest BCUT2D eigenvalue weighted by atomic mass is 16.5. The number of carbonyl (C=O) groups is 1. The van der Waals surface area contributed by atoms with E-state index in [1.54, 1.807) is 7.11 Å². The van der Waals surface area contributed by atoms with Crippen molar-refractivity contribution in [2.24, 2.45) is 5.92 Å². The van der Waals surface area contributed by atoms with Crippen LogP contribution in [0, 0.1) is 12.8 Å². The van der Waals surface area contributed by atoms with E-state index in [1.165, 1.54) is 0 Å². The highest BCUT2D eigenvalue weighted by Gasteiger charge is 2.25. The highest BCUT2D eigenvalue weighted by Crippen LogP contribution is 2.24. The van der Waals surface area contributed by atoms with Crippen LogP contribution in [0.15, 0.2) is 36.7 Å². The van der Waals surface area contributed by atoms with Crippen LogP contribution in [0.3, 0.4) is 0 Å². The molecule has 5 heteroatoms. The van der Waals surface area contributed by atoms with Crippen LogP contribution in [0.4, 0.5) is 0 Å². The summed E-state index contributed by atoms with van der Waals surface area (Å²) in [6, 6.07) is 7.43. The molecule has 1 aromatic heterocycles. The Labute approximate surface area is 136 Å². The third-order valence-electron chi connectivity index (χ3n) is 4.62. The predicted molar refractivity (Wildman–Crippen MR) is 88.6 cm³/mol. The van der Waals surface area contributed by atoms with E-state index in [0.29, 0.717) is 17.2 Å². The highest BCUT2D eigenvalue weighted by molar-refractivity contribution is 5.97. The van der Waals surface area contributed by atoms with Gasteiger partial charge in [0, 0.05) is 32.0 Å². The average molecular weight is 313 g/mol. The molecule has 0 spiro atoms. The van der Waals surface area contributed by atoms with Gasteiger partial charge in [0.05, 0.1) is 12.7 Å². The van der Waals surface area contributed by atoms with Crippen LogP contribution in [-0.2, 0) is 6.54 Å². The van der Waals surface area contributed by atoms with Crippen LogP contribution >= 0.6 is 0 Å². The van der Waals surface area contributed by atoms with E-state index in [2.05, 4.69) is 9.55 Å². The fourth-order valence-electron chi connectivity index (χ4n) is 3.19. The molecule has 1 saturated heterocycles. The van der Waals surface area contributed by atoms with Crippen LogP contribution in [0.2, 0.25) is 0 Å². The van der Waals surface area contributed by atoms with E-state index < -0.39 is 0 Å². The molecule has 0 saturated carbocycles. The van der Waals surface area contributed by atoms with Gasteiger partial charge >= 0.3 is 0 Å². The first-order valence-electron chi connectivity index (χ1n) is 8.09. The van der Waals surface area contributed by atoms with Gasteiger partial charge in [-0.1, -0.05) is 12.1 Å². The number of likely N-dealkylation sites (tertiary alicyclic amines) is 1. The molecule has 2 aromatic rings. The molecule has 122 valence electrons. The molecule has 1 aliphatic rings. The summed E-state index contributed by atoms with van der Waals surface area (Å²) in [5, 5.41) is 0. The maximum atomic E-state index is 12.7. The van der Waals surface area contributed by atoms with Crippen molar-refractivity contribution in [2.75, 3.05) is 20.2 Å². The van der Waals surface area contributed by atoms with Crippen molar-refractivity contribution in [1.29, 1.82) is 0 Å². The van der Waals surface area contributed by atoms with E-state index in [9.17, 15) is 4.79 Å². The third kappa shape index (κ3) is 3.38. The molecule has 1 aromatic carbocycles. The first-order chi connectivity index (χ1) is 11.2. The van der Waals surface area contributed by atoms with Crippen LogP contribution in [0.5, 0.6) is 5.75 Å². The van der Waals surface area contributed by atoms with E-state index in [4.69, 9.17) is 4.74 Å². The van der Waals surface area contributed by atoms with Crippen molar-refractivity contribution in [3.8, 4) is 5.75 Å². The Balaban J connectivity index is 1.60. The van der Waals surface area contributed by atoms with Gasteiger partial charge in [0.2, 0.25) is 0 Å². The number of amides is 1. The number of aromatic nitrogens is 2. The van der Waals surface area contributed by atoms with Crippen molar-refractivity contribution in [3.05, 3.63) is 48.0 Å². The lowest BCUT2D eigenvalue weighted by molar-refractivity contribution is 0.0679. The summed E-state index contributed by atoms with van der Waals surface area (Å²) in [6.45, 7) is 4.62. The molecule has 0 unspecified atom stereocenters. The van der Waals surface area contributed by atoms with Gasteiger partial charge in [-0.2, -0.15) is 0 Å². The second-order valence-corrected chi connectivity index (χ2v) is 6.06. The Kier molecular flexibility index (Phi) is 4.65. The maximum absolute atomic E-state index is 12.7. The minimum atomic E-state index is 0.0692. The minimum Gasteiger partial charge on any atom is -0.496 e. The van der Waals surface area contributed by atoms with Crippen LogP contribution in [0.25, 0.3) is 0 Å². The normalized spacial score (nSPS) is 15.7. The molecule has 0 N–H and O–H groups in total. The summed E-state index contributed by atoms with van der Waals surface area (Å²) in [4.78, 5) is 18.9. The van der Waals surface area contributed by atoms with Crippen LogP contribution < -0.4 is 4.74 Å². The molecule has 2 heterocycles. The smallest absolute Gasteiger partial charge is 0.257 e. The number of hydrogen-bond donors (Lipinski definition) is 0. The van der Waals surface area contributed by atoms with Gasteiger partial charge in [0.1, 0.15) is 11.6 Å². The first-order valence-corrected chi connectivity index (χ1v) is 8.09. The number of nitrogens with zero attached hydrogens (tertiary/aromatic N) is 3. The molecule has 0 radical (unpaired) electrons. The van der Waals surface area contributed by atoms with Gasteiger partial charge in [-0.3, -0.25) is 4.79 Å². The fraction of sp³-hybridized carbons (Fsp3) is 0.444. The molecule has 0 aliphatic carbocycles. The number of benzene rings is 1. The molecule has 23 heavy (non-hydrogen) atoms. The lowest BCUT2D eigenvalue weighted by Gasteiger charge is -2.32. The number of imidazole rings is 1. The number of para-hydroxylation sites is 1. The molecule has 1 aliphatic heterocycles. The number of hydrogen-bond acceptors (Lipinski definition) is 3. The minimum absolute atomic E-state index is 0.0692. The van der Waals surface area contributed by atoms with Crippen molar-refractivity contribution in [1.82, 2.24) is 14.5 Å². The van der Waals surface area contributed by atoms with Gasteiger partial charge in [-0.15, -0.1) is 0 Å². The summed E-state index contributed by atoms with van der Waals surface area (Å²) in [7, 11) is 1.60. The molecule has 0 bridgehead atoms. The Bertz CT molecular complexity index is 672. The quantitative estimate of drug-likeness (QED) is 0.872. The van der Waals surface area contributed by atoms with Crippen molar-refractivity contribution in [2.45, 2.75) is 26.3 Å². The predicted octanol–water partition coefficient (Wildman–Crippen LogP) is 2.75. The van der Waals surface area contributed by atoms with Gasteiger partial charge in [-0.25, -0.2) is 4.98 Å². The Morgan fingerprint density at radius 3 is 2.70 bits per heavy atom. The Morgan fingerprint density at radius 2 is 2.04 bits per heavy atom. The zero-order chi connectivity index (χ0) is 16.2. The summed E-state index contributed by atoms with van der Waals surface area (Å²) in [5.74, 6) is 2.37. The third-order valence-corrected chi connectivity index (χ3v) is 4.62. The average Bonchev–Trinajstić information content (AvgIpc) is 3.00. The van der Waals surface area contributed by atoms with E-state index >= 15 is 0 Å². The summed E-state index contributed by atoms with van der Waals surface area (Å²) in [5.41, 5.74) is 0.652. The largest absolute Gasteiger partial charge is 0.496 e. The standard InChI is InChI=1S/C18H23N3O2/c1-14-19-9-12-21(14)13-15-7-10-20(11-8-15)18(22)16-5-3-4-6-17(16)23-2/h3-6,9,12,15H,7-8,10-11,13H2,1-2H3. The number of aryl methyl sites for hydroxylation is 1.